The van der Waals surface area contributed by atoms with Gasteiger partial charge in [-0.15, -0.1) is 0 Å². The van der Waals surface area contributed by atoms with E-state index in [2.05, 4.69) is 11.0 Å². The van der Waals surface area contributed by atoms with Crippen molar-refractivity contribution in [2.75, 3.05) is 40.5 Å². The van der Waals surface area contributed by atoms with Gasteiger partial charge in [-0.3, -0.25) is 4.90 Å². The van der Waals surface area contributed by atoms with E-state index in [9.17, 15) is 5.26 Å². The number of hydrogen-bond acceptors (Lipinski definition) is 4. The second-order valence-corrected chi connectivity index (χ2v) is 4.96. The van der Waals surface area contributed by atoms with Crippen LogP contribution in [0.3, 0.4) is 0 Å². The lowest BCUT2D eigenvalue weighted by Crippen LogP contribution is -2.44. The van der Waals surface area contributed by atoms with Gasteiger partial charge in [0.1, 0.15) is 0 Å². The maximum Gasteiger partial charge on any atom is 0.0672 e. The molecule has 1 rings (SSSR count). The Hall–Kier alpha value is -0.630. The van der Waals surface area contributed by atoms with E-state index in [1.165, 1.54) is 12.8 Å². The van der Waals surface area contributed by atoms with E-state index < -0.39 is 0 Å². The number of hydrogen-bond donors (Lipinski definition) is 0. The molecule has 0 N–H and O–H groups in total. The first-order valence-electron chi connectivity index (χ1n) is 6.95. The highest BCUT2D eigenvalue weighted by atomic mass is 16.5. The van der Waals surface area contributed by atoms with Crippen molar-refractivity contribution in [2.24, 2.45) is 5.92 Å². The van der Waals surface area contributed by atoms with Gasteiger partial charge in [0.2, 0.25) is 0 Å². The van der Waals surface area contributed by atoms with Gasteiger partial charge in [-0.2, -0.15) is 5.26 Å². The molecule has 18 heavy (non-hydrogen) atoms. The molecule has 0 amide bonds. The lowest BCUT2D eigenvalue weighted by molar-refractivity contribution is 0.0762. The first kappa shape index (κ1) is 15.4. The third-order valence-electron chi connectivity index (χ3n) is 3.74. The summed E-state index contributed by atoms with van der Waals surface area (Å²) >= 11 is 0. The highest BCUT2D eigenvalue weighted by Gasteiger charge is 2.29. The second kappa shape index (κ2) is 9.32. The fourth-order valence-electron chi connectivity index (χ4n) is 2.76. The van der Waals surface area contributed by atoms with Gasteiger partial charge >= 0.3 is 0 Å². The average Bonchev–Trinajstić information content (AvgIpc) is 2.42. The molecule has 0 aromatic rings. The Morgan fingerprint density at radius 3 is 2.50 bits per heavy atom. The number of ether oxygens (including phenoxy) is 2. The zero-order chi connectivity index (χ0) is 13.2. The zero-order valence-corrected chi connectivity index (χ0v) is 11.7. The molecule has 0 heterocycles. The molecule has 2 unspecified atom stereocenters. The first-order valence-corrected chi connectivity index (χ1v) is 6.95. The van der Waals surface area contributed by atoms with Crippen molar-refractivity contribution in [3.8, 4) is 6.07 Å². The van der Waals surface area contributed by atoms with Crippen LogP contribution in [-0.2, 0) is 9.47 Å². The van der Waals surface area contributed by atoms with Crippen LogP contribution in [0.5, 0.6) is 0 Å². The molecule has 1 fully saturated rings. The second-order valence-electron chi connectivity index (χ2n) is 4.96. The Bertz CT molecular complexity index is 253. The van der Waals surface area contributed by atoms with E-state index in [0.717, 1.165) is 45.6 Å². The van der Waals surface area contributed by atoms with Crippen LogP contribution in [-0.4, -0.2) is 51.5 Å². The molecule has 1 aliphatic carbocycles. The molecule has 1 saturated carbocycles. The molecular weight excluding hydrogens is 228 g/mol. The number of nitriles is 1. The van der Waals surface area contributed by atoms with Crippen LogP contribution in [0.4, 0.5) is 0 Å². The lowest BCUT2D eigenvalue weighted by Gasteiger charge is -2.37. The molecule has 0 aliphatic heterocycles. The summed E-state index contributed by atoms with van der Waals surface area (Å²) in [7, 11) is 3.47. The third kappa shape index (κ3) is 4.93. The Kier molecular flexibility index (Phi) is 7.99. The van der Waals surface area contributed by atoms with Crippen LogP contribution in [0.1, 0.15) is 32.1 Å². The Morgan fingerprint density at radius 1 is 1.11 bits per heavy atom. The SMILES string of the molecule is COCCCN(CCOC)C1CCCCC1C#N. The molecular formula is C14H26N2O2. The fraction of sp³-hybridized carbons (Fsp3) is 0.929. The van der Waals surface area contributed by atoms with Gasteiger partial charge in [0, 0.05) is 40.0 Å². The molecule has 1 aliphatic rings. The Morgan fingerprint density at radius 2 is 1.83 bits per heavy atom. The number of nitrogens with zero attached hydrogens (tertiary/aromatic N) is 2. The molecule has 0 bridgehead atoms. The minimum Gasteiger partial charge on any atom is -0.385 e. The summed E-state index contributed by atoms with van der Waals surface area (Å²) in [6.45, 7) is 3.44. The van der Waals surface area contributed by atoms with Crippen LogP contribution >= 0.6 is 0 Å². The smallest absolute Gasteiger partial charge is 0.0672 e. The molecule has 0 aromatic heterocycles. The highest BCUT2D eigenvalue weighted by Crippen LogP contribution is 2.28. The van der Waals surface area contributed by atoms with Gasteiger partial charge in [-0.1, -0.05) is 12.8 Å². The standard InChI is InChI=1S/C14H26N2O2/c1-17-10-5-8-16(9-11-18-2)14-7-4-3-6-13(14)12-15/h13-14H,3-11H2,1-2H3. The minimum absolute atomic E-state index is 0.193. The first-order chi connectivity index (χ1) is 8.83. The predicted molar refractivity (Wildman–Crippen MR) is 71.3 cm³/mol. The van der Waals surface area contributed by atoms with Gasteiger partial charge in [0.25, 0.3) is 0 Å². The van der Waals surface area contributed by atoms with Crippen molar-refractivity contribution in [1.82, 2.24) is 4.90 Å². The molecule has 4 heteroatoms. The van der Waals surface area contributed by atoms with Crippen LogP contribution < -0.4 is 0 Å². The van der Waals surface area contributed by atoms with Crippen LogP contribution in [0.2, 0.25) is 0 Å². The Balaban J connectivity index is 2.52. The fourth-order valence-corrected chi connectivity index (χ4v) is 2.76. The van der Waals surface area contributed by atoms with Crippen molar-refractivity contribution in [1.29, 1.82) is 5.26 Å². The van der Waals surface area contributed by atoms with Crippen LogP contribution in [0, 0.1) is 17.2 Å². The maximum absolute atomic E-state index is 9.27. The topological polar surface area (TPSA) is 45.5 Å². The largest absolute Gasteiger partial charge is 0.385 e. The van der Waals surface area contributed by atoms with E-state index in [1.54, 1.807) is 14.2 Å². The van der Waals surface area contributed by atoms with Gasteiger partial charge in [-0.25, -0.2) is 0 Å². The lowest BCUT2D eigenvalue weighted by atomic mass is 9.84. The van der Waals surface area contributed by atoms with Crippen LogP contribution in [0.15, 0.2) is 0 Å². The average molecular weight is 254 g/mol. The predicted octanol–water partition coefficient (Wildman–Crippen LogP) is 2.05. The molecule has 4 nitrogen and oxygen atoms in total. The summed E-state index contributed by atoms with van der Waals surface area (Å²) in [5.41, 5.74) is 0. The number of rotatable bonds is 8. The maximum atomic E-state index is 9.27. The van der Waals surface area contributed by atoms with Crippen molar-refractivity contribution < 1.29 is 9.47 Å². The summed E-state index contributed by atoms with van der Waals surface area (Å²) in [4.78, 5) is 2.43. The summed E-state index contributed by atoms with van der Waals surface area (Å²) in [6.07, 6.45) is 5.67. The van der Waals surface area contributed by atoms with Crippen molar-refractivity contribution in [2.45, 2.75) is 38.1 Å². The summed E-state index contributed by atoms with van der Waals surface area (Å²) < 4.78 is 10.3. The monoisotopic (exact) mass is 254 g/mol. The molecule has 0 aromatic carbocycles. The minimum atomic E-state index is 0.193. The molecule has 2 atom stereocenters. The zero-order valence-electron chi connectivity index (χ0n) is 11.7. The summed E-state index contributed by atoms with van der Waals surface area (Å²) in [6, 6.07) is 2.90. The van der Waals surface area contributed by atoms with E-state index in [0.29, 0.717) is 6.04 Å². The van der Waals surface area contributed by atoms with E-state index in [-0.39, 0.29) is 5.92 Å². The summed E-state index contributed by atoms with van der Waals surface area (Å²) in [5.74, 6) is 0.193. The van der Waals surface area contributed by atoms with Gasteiger partial charge in [0.05, 0.1) is 18.6 Å². The van der Waals surface area contributed by atoms with Crippen molar-refractivity contribution >= 4 is 0 Å². The molecule has 0 spiro atoms. The van der Waals surface area contributed by atoms with Crippen LogP contribution in [0.25, 0.3) is 0 Å². The highest BCUT2D eigenvalue weighted by molar-refractivity contribution is 4.95. The third-order valence-corrected chi connectivity index (χ3v) is 3.74. The number of methoxy groups -OCH3 is 2. The van der Waals surface area contributed by atoms with Gasteiger partial charge in [0.15, 0.2) is 0 Å². The van der Waals surface area contributed by atoms with E-state index in [4.69, 9.17) is 9.47 Å². The molecule has 104 valence electrons. The molecule has 0 saturated heterocycles. The van der Waals surface area contributed by atoms with E-state index >= 15 is 0 Å². The Labute approximate surface area is 111 Å². The van der Waals surface area contributed by atoms with Gasteiger partial charge < -0.3 is 9.47 Å². The quantitative estimate of drug-likeness (QED) is 0.622. The van der Waals surface area contributed by atoms with Crippen molar-refractivity contribution in [3.63, 3.8) is 0 Å². The van der Waals surface area contributed by atoms with E-state index in [1.807, 2.05) is 0 Å². The van der Waals surface area contributed by atoms with Gasteiger partial charge in [-0.05, 0) is 19.3 Å². The normalized spacial score (nSPS) is 24.1. The summed E-state index contributed by atoms with van der Waals surface area (Å²) in [5, 5.41) is 9.27. The van der Waals surface area contributed by atoms with Crippen molar-refractivity contribution in [3.05, 3.63) is 0 Å². The molecule has 0 radical (unpaired) electrons.